The summed E-state index contributed by atoms with van der Waals surface area (Å²) < 4.78 is 24.2. The minimum absolute atomic E-state index is 0.289. The Balaban J connectivity index is 1.83. The Morgan fingerprint density at radius 3 is 2.39 bits per heavy atom. The molecule has 1 saturated heterocycles. The fourth-order valence-corrected chi connectivity index (χ4v) is 4.27. The van der Waals surface area contributed by atoms with Crippen molar-refractivity contribution in [3.63, 3.8) is 0 Å². The van der Waals surface area contributed by atoms with Crippen LogP contribution in [0.3, 0.4) is 0 Å². The molecule has 0 N–H and O–H groups in total. The lowest BCUT2D eigenvalue weighted by Crippen LogP contribution is -2.39. The van der Waals surface area contributed by atoms with Crippen LogP contribution in [0, 0.1) is 11.7 Å². The Labute approximate surface area is 180 Å². The van der Waals surface area contributed by atoms with E-state index in [1.807, 2.05) is 4.90 Å². The highest BCUT2D eigenvalue weighted by atomic mass is 19.1. The summed E-state index contributed by atoms with van der Waals surface area (Å²) in [5.41, 5.74) is 1.51. The number of nitrogens with zero attached hydrogens (tertiary/aromatic N) is 2. The average molecular weight is 424 g/mol. The number of carbonyl (C=O) groups is 2. The molecular weight excluding hydrogens is 399 g/mol. The van der Waals surface area contributed by atoms with E-state index in [0.717, 1.165) is 17.7 Å². The lowest BCUT2D eigenvalue weighted by molar-refractivity contribution is -0.120. The van der Waals surface area contributed by atoms with Gasteiger partial charge in [-0.05, 0) is 48.6 Å². The van der Waals surface area contributed by atoms with E-state index in [-0.39, 0.29) is 5.57 Å². The average Bonchev–Trinajstić information content (AvgIpc) is 3.03. The fraction of sp³-hybridized carbons (Fsp3) is 0.333. The Kier molecular flexibility index (Phi) is 5.67. The SMILES string of the molecule is COc1ccc(N2C(=O)C(c3ccc(F)cc3)=C(N3CCCC(C)C3)C2=O)c(OC)c1. The molecule has 6 nitrogen and oxygen atoms in total. The van der Waals surface area contributed by atoms with Gasteiger partial charge in [-0.25, -0.2) is 9.29 Å². The van der Waals surface area contributed by atoms with Gasteiger partial charge in [-0.3, -0.25) is 9.59 Å². The largest absolute Gasteiger partial charge is 0.497 e. The van der Waals surface area contributed by atoms with Crippen LogP contribution in [0.25, 0.3) is 5.57 Å². The number of hydrogen-bond acceptors (Lipinski definition) is 5. The molecule has 2 aromatic rings. The van der Waals surface area contributed by atoms with Crippen molar-refractivity contribution in [2.24, 2.45) is 5.92 Å². The first-order valence-electron chi connectivity index (χ1n) is 10.3. The van der Waals surface area contributed by atoms with Crippen LogP contribution in [0.2, 0.25) is 0 Å². The number of ether oxygens (including phenoxy) is 2. The van der Waals surface area contributed by atoms with Crippen molar-refractivity contribution in [2.45, 2.75) is 19.8 Å². The summed E-state index contributed by atoms with van der Waals surface area (Å²) in [5.74, 6) is 0.0607. The first kappa shape index (κ1) is 20.9. The van der Waals surface area contributed by atoms with Gasteiger partial charge in [0.05, 0.1) is 25.5 Å². The second-order valence-electron chi connectivity index (χ2n) is 7.91. The molecule has 0 spiro atoms. The molecule has 2 aromatic carbocycles. The topological polar surface area (TPSA) is 59.1 Å². The van der Waals surface area contributed by atoms with Crippen molar-refractivity contribution in [3.05, 3.63) is 59.5 Å². The molecule has 2 heterocycles. The summed E-state index contributed by atoms with van der Waals surface area (Å²) in [5, 5.41) is 0. The molecule has 0 aliphatic carbocycles. The number of anilines is 1. The number of imide groups is 1. The van der Waals surface area contributed by atoms with Crippen molar-refractivity contribution in [3.8, 4) is 11.5 Å². The Morgan fingerprint density at radius 1 is 1.00 bits per heavy atom. The van der Waals surface area contributed by atoms with Gasteiger partial charge in [0.15, 0.2) is 0 Å². The predicted molar refractivity (Wildman–Crippen MR) is 115 cm³/mol. The van der Waals surface area contributed by atoms with Crippen molar-refractivity contribution in [2.75, 3.05) is 32.2 Å². The molecular formula is C24H25FN2O4. The molecule has 1 unspecified atom stereocenters. The fourth-order valence-electron chi connectivity index (χ4n) is 4.27. The molecule has 0 radical (unpaired) electrons. The summed E-state index contributed by atoms with van der Waals surface area (Å²) in [6.45, 7) is 3.51. The third-order valence-electron chi connectivity index (χ3n) is 5.79. The van der Waals surface area contributed by atoms with Crippen LogP contribution in [0.15, 0.2) is 48.2 Å². The van der Waals surface area contributed by atoms with Crippen molar-refractivity contribution in [1.82, 2.24) is 4.90 Å². The molecule has 162 valence electrons. The van der Waals surface area contributed by atoms with Gasteiger partial charge < -0.3 is 14.4 Å². The summed E-state index contributed by atoms with van der Waals surface area (Å²) >= 11 is 0. The molecule has 4 rings (SSSR count). The lowest BCUT2D eigenvalue weighted by atomic mass is 9.98. The number of carbonyl (C=O) groups excluding carboxylic acids is 2. The first-order chi connectivity index (χ1) is 14.9. The van der Waals surface area contributed by atoms with Gasteiger partial charge in [0.1, 0.15) is 23.0 Å². The second kappa shape index (κ2) is 8.41. The molecule has 2 amide bonds. The highest BCUT2D eigenvalue weighted by molar-refractivity contribution is 6.45. The molecule has 0 aromatic heterocycles. The van der Waals surface area contributed by atoms with Crippen LogP contribution < -0.4 is 14.4 Å². The predicted octanol–water partition coefficient (Wildman–Crippen LogP) is 3.86. The number of piperidine rings is 1. The van der Waals surface area contributed by atoms with Crippen molar-refractivity contribution in [1.29, 1.82) is 0 Å². The van der Waals surface area contributed by atoms with E-state index < -0.39 is 17.6 Å². The third kappa shape index (κ3) is 3.76. The lowest BCUT2D eigenvalue weighted by Gasteiger charge is -2.33. The number of benzene rings is 2. The van der Waals surface area contributed by atoms with E-state index in [4.69, 9.17) is 9.47 Å². The number of methoxy groups -OCH3 is 2. The third-order valence-corrected chi connectivity index (χ3v) is 5.79. The molecule has 1 fully saturated rings. The van der Waals surface area contributed by atoms with Crippen LogP contribution in [-0.4, -0.2) is 44.0 Å². The van der Waals surface area contributed by atoms with E-state index in [2.05, 4.69) is 6.92 Å². The van der Waals surface area contributed by atoms with Crippen LogP contribution in [0.4, 0.5) is 10.1 Å². The van der Waals surface area contributed by atoms with Crippen LogP contribution in [-0.2, 0) is 9.59 Å². The van der Waals surface area contributed by atoms with Crippen molar-refractivity contribution >= 4 is 23.1 Å². The van der Waals surface area contributed by atoms with E-state index in [1.54, 1.807) is 18.2 Å². The van der Waals surface area contributed by atoms with E-state index >= 15 is 0 Å². The van der Waals surface area contributed by atoms with Gasteiger partial charge in [0, 0.05) is 19.2 Å². The zero-order chi connectivity index (χ0) is 22.1. The van der Waals surface area contributed by atoms with Gasteiger partial charge in [0.2, 0.25) is 0 Å². The highest BCUT2D eigenvalue weighted by Crippen LogP contribution is 2.40. The molecule has 2 aliphatic heterocycles. The quantitative estimate of drug-likeness (QED) is 0.683. The number of likely N-dealkylation sites (tertiary alicyclic amines) is 1. The smallest absolute Gasteiger partial charge is 0.282 e. The molecule has 2 aliphatic rings. The normalized spacial score (nSPS) is 19.3. The van der Waals surface area contributed by atoms with E-state index in [1.165, 1.54) is 38.5 Å². The van der Waals surface area contributed by atoms with Crippen molar-refractivity contribution < 1.29 is 23.5 Å². The monoisotopic (exact) mass is 424 g/mol. The Bertz CT molecular complexity index is 1050. The minimum atomic E-state index is -0.451. The maximum atomic E-state index is 13.6. The summed E-state index contributed by atoms with van der Waals surface area (Å²) in [4.78, 5) is 30.4. The van der Waals surface area contributed by atoms with E-state index in [0.29, 0.717) is 47.5 Å². The molecule has 0 bridgehead atoms. The van der Waals surface area contributed by atoms with Gasteiger partial charge in [0.25, 0.3) is 11.8 Å². The number of amides is 2. The van der Waals surface area contributed by atoms with Gasteiger partial charge in [-0.1, -0.05) is 19.1 Å². The van der Waals surface area contributed by atoms with Gasteiger partial charge >= 0.3 is 0 Å². The molecule has 0 saturated carbocycles. The van der Waals surface area contributed by atoms with E-state index in [9.17, 15) is 14.0 Å². The van der Waals surface area contributed by atoms with Crippen LogP contribution in [0.5, 0.6) is 11.5 Å². The maximum Gasteiger partial charge on any atom is 0.282 e. The molecule has 1 atom stereocenters. The highest BCUT2D eigenvalue weighted by Gasteiger charge is 2.44. The molecule has 7 heteroatoms. The number of hydrogen-bond donors (Lipinski definition) is 0. The Morgan fingerprint density at radius 2 is 1.74 bits per heavy atom. The minimum Gasteiger partial charge on any atom is -0.497 e. The van der Waals surface area contributed by atoms with Crippen LogP contribution >= 0.6 is 0 Å². The Hall–Kier alpha value is -3.35. The summed E-state index contributed by atoms with van der Waals surface area (Å²) in [7, 11) is 3.01. The zero-order valence-corrected chi connectivity index (χ0v) is 17.9. The maximum absolute atomic E-state index is 13.6. The van der Waals surface area contributed by atoms with Crippen LogP contribution in [0.1, 0.15) is 25.3 Å². The standard InChI is InChI=1S/C24H25FN2O4/c1-15-5-4-12-26(14-15)22-21(16-6-8-17(25)9-7-16)23(28)27(24(22)29)19-11-10-18(30-2)13-20(19)31-3/h6-11,13,15H,4-5,12,14H2,1-3H3. The summed E-state index contributed by atoms with van der Waals surface area (Å²) in [6, 6.07) is 10.6. The number of halogens is 1. The number of rotatable bonds is 5. The zero-order valence-electron chi connectivity index (χ0n) is 17.9. The molecule has 31 heavy (non-hydrogen) atoms. The first-order valence-corrected chi connectivity index (χ1v) is 10.3. The van der Waals surface area contributed by atoms with Gasteiger partial charge in [-0.2, -0.15) is 0 Å². The van der Waals surface area contributed by atoms with Gasteiger partial charge in [-0.15, -0.1) is 0 Å². The summed E-state index contributed by atoms with van der Waals surface area (Å²) in [6.07, 6.45) is 2.02. The second-order valence-corrected chi connectivity index (χ2v) is 7.91.